The summed E-state index contributed by atoms with van der Waals surface area (Å²) < 4.78 is 1.31. The average molecular weight is 187 g/mol. The highest BCUT2D eigenvalue weighted by Crippen LogP contribution is 2.06. The molecule has 2 N–H and O–H groups in total. The number of hydrogen-bond donors (Lipinski definition) is 1. The lowest BCUT2D eigenvalue weighted by molar-refractivity contribution is 0.0962. The Kier molecular flexibility index (Phi) is 2.02. The van der Waals surface area contributed by atoms with Crippen LogP contribution >= 0.6 is 0 Å². The van der Waals surface area contributed by atoms with Crippen LogP contribution in [0.25, 0.3) is 0 Å². The fourth-order valence-corrected chi connectivity index (χ4v) is 1.21. The number of benzene rings is 1. The lowest BCUT2D eigenvalue weighted by Crippen LogP contribution is -2.13. The van der Waals surface area contributed by atoms with E-state index in [1.165, 1.54) is 10.8 Å². The van der Waals surface area contributed by atoms with Gasteiger partial charge < -0.3 is 5.73 Å². The van der Waals surface area contributed by atoms with Crippen molar-refractivity contribution < 1.29 is 4.79 Å². The molecule has 0 atom stereocenters. The largest absolute Gasteiger partial charge is 0.369 e. The summed E-state index contributed by atoms with van der Waals surface area (Å²) in [5.74, 6) is 0.0412. The van der Waals surface area contributed by atoms with Crippen molar-refractivity contribution in [3.8, 4) is 0 Å². The van der Waals surface area contributed by atoms with Gasteiger partial charge in [0.05, 0.1) is 0 Å². The molecule has 70 valence electrons. The minimum Gasteiger partial charge on any atom is -0.369 e. The maximum atomic E-state index is 11.8. The van der Waals surface area contributed by atoms with Crippen molar-refractivity contribution in [1.82, 2.24) is 9.55 Å². The van der Waals surface area contributed by atoms with Gasteiger partial charge in [-0.15, -0.1) is 0 Å². The fraction of sp³-hybridized carbons (Fsp3) is 0. The van der Waals surface area contributed by atoms with Gasteiger partial charge in [-0.25, -0.2) is 4.98 Å². The predicted octanol–water partition coefficient (Wildman–Crippen LogP) is 1.15. The van der Waals surface area contributed by atoms with E-state index in [4.69, 9.17) is 5.73 Å². The number of nitrogens with two attached hydrogens (primary N) is 1. The summed E-state index contributed by atoms with van der Waals surface area (Å²) in [6, 6.07) is 8.94. The van der Waals surface area contributed by atoms with E-state index in [2.05, 4.69) is 4.98 Å². The van der Waals surface area contributed by atoms with E-state index in [1.54, 1.807) is 30.5 Å². The summed E-state index contributed by atoms with van der Waals surface area (Å²) >= 11 is 0. The molecule has 4 heteroatoms. The lowest BCUT2D eigenvalue weighted by atomic mass is 10.2. The van der Waals surface area contributed by atoms with E-state index in [0.29, 0.717) is 5.56 Å². The van der Waals surface area contributed by atoms with E-state index < -0.39 is 0 Å². The summed E-state index contributed by atoms with van der Waals surface area (Å²) in [5.41, 5.74) is 6.10. The molecule has 4 nitrogen and oxygen atoms in total. The van der Waals surface area contributed by atoms with Crippen LogP contribution in [-0.2, 0) is 0 Å². The molecular formula is C10H9N3O. The van der Waals surface area contributed by atoms with E-state index in [0.717, 1.165) is 0 Å². The van der Waals surface area contributed by atoms with Crippen molar-refractivity contribution in [1.29, 1.82) is 0 Å². The third-order valence-corrected chi connectivity index (χ3v) is 1.91. The van der Waals surface area contributed by atoms with E-state index in [-0.39, 0.29) is 11.9 Å². The molecule has 0 spiro atoms. The Labute approximate surface area is 81.0 Å². The molecule has 0 radical (unpaired) electrons. The van der Waals surface area contributed by atoms with E-state index in [1.807, 2.05) is 6.07 Å². The molecule has 1 heterocycles. The molecule has 0 aliphatic rings. The highest BCUT2D eigenvalue weighted by Gasteiger charge is 2.09. The Balaban J connectivity index is 2.39. The van der Waals surface area contributed by atoms with Gasteiger partial charge >= 0.3 is 0 Å². The van der Waals surface area contributed by atoms with Gasteiger partial charge in [-0.3, -0.25) is 9.36 Å². The first-order valence-corrected chi connectivity index (χ1v) is 4.17. The van der Waals surface area contributed by atoms with Crippen LogP contribution in [-0.4, -0.2) is 15.5 Å². The van der Waals surface area contributed by atoms with Crippen LogP contribution in [0.2, 0.25) is 0 Å². The van der Waals surface area contributed by atoms with Crippen molar-refractivity contribution in [3.05, 3.63) is 48.3 Å². The maximum absolute atomic E-state index is 11.8. The normalized spacial score (nSPS) is 10.0. The second kappa shape index (κ2) is 3.33. The molecule has 1 aromatic heterocycles. The molecule has 0 amide bonds. The van der Waals surface area contributed by atoms with Crippen molar-refractivity contribution in [2.75, 3.05) is 5.73 Å². The van der Waals surface area contributed by atoms with Crippen molar-refractivity contribution in [3.63, 3.8) is 0 Å². The van der Waals surface area contributed by atoms with E-state index >= 15 is 0 Å². The molecule has 1 aromatic carbocycles. The van der Waals surface area contributed by atoms with Crippen LogP contribution in [0.4, 0.5) is 5.95 Å². The van der Waals surface area contributed by atoms with Gasteiger partial charge in [-0.1, -0.05) is 18.2 Å². The minimum absolute atomic E-state index is 0.166. The predicted molar refractivity (Wildman–Crippen MR) is 52.8 cm³/mol. The summed E-state index contributed by atoms with van der Waals surface area (Å²) in [4.78, 5) is 15.6. The third-order valence-electron chi connectivity index (χ3n) is 1.91. The van der Waals surface area contributed by atoms with Gasteiger partial charge in [0.25, 0.3) is 5.91 Å². The van der Waals surface area contributed by atoms with Crippen LogP contribution in [0, 0.1) is 0 Å². The van der Waals surface area contributed by atoms with Gasteiger partial charge in [0.2, 0.25) is 5.95 Å². The number of anilines is 1. The number of nitrogens with zero attached hydrogens (tertiary/aromatic N) is 2. The maximum Gasteiger partial charge on any atom is 0.264 e. The number of nitrogen functional groups attached to an aromatic ring is 1. The smallest absolute Gasteiger partial charge is 0.264 e. The number of rotatable bonds is 1. The molecule has 0 aliphatic carbocycles. The molecule has 2 aromatic rings. The van der Waals surface area contributed by atoms with Crippen LogP contribution in [0.5, 0.6) is 0 Å². The first-order valence-electron chi connectivity index (χ1n) is 4.17. The van der Waals surface area contributed by atoms with Crippen LogP contribution < -0.4 is 5.73 Å². The molecule has 2 rings (SSSR count). The lowest BCUT2D eigenvalue weighted by Gasteiger charge is -2.02. The molecule has 0 aliphatic heterocycles. The van der Waals surface area contributed by atoms with Crippen LogP contribution in [0.1, 0.15) is 10.4 Å². The zero-order valence-electron chi connectivity index (χ0n) is 7.42. The SMILES string of the molecule is Nc1nccn1C(=O)c1ccccc1. The Morgan fingerprint density at radius 2 is 2.00 bits per heavy atom. The minimum atomic E-state index is -0.166. The topological polar surface area (TPSA) is 60.9 Å². The summed E-state index contributed by atoms with van der Waals surface area (Å²) in [6.07, 6.45) is 3.04. The van der Waals surface area contributed by atoms with Gasteiger partial charge in [0, 0.05) is 18.0 Å². The third kappa shape index (κ3) is 1.37. The quantitative estimate of drug-likeness (QED) is 0.728. The summed E-state index contributed by atoms with van der Waals surface area (Å²) in [6.45, 7) is 0. The monoisotopic (exact) mass is 187 g/mol. The molecule has 0 unspecified atom stereocenters. The van der Waals surface area contributed by atoms with Crippen LogP contribution in [0.15, 0.2) is 42.7 Å². The first-order chi connectivity index (χ1) is 6.79. The zero-order valence-corrected chi connectivity index (χ0v) is 7.42. The number of carbonyl (C=O) groups is 1. The Hall–Kier alpha value is -2.10. The van der Waals surface area contributed by atoms with Crippen LogP contribution in [0.3, 0.4) is 0 Å². The van der Waals surface area contributed by atoms with Gasteiger partial charge in [0.1, 0.15) is 0 Å². The average Bonchev–Trinajstić information content (AvgIpc) is 2.65. The molecule has 0 bridgehead atoms. The highest BCUT2D eigenvalue weighted by atomic mass is 16.2. The Bertz CT molecular complexity index is 447. The van der Waals surface area contributed by atoms with Crippen molar-refractivity contribution in [2.24, 2.45) is 0 Å². The first kappa shape index (κ1) is 8.50. The number of carbonyl (C=O) groups excluding carboxylic acids is 1. The summed E-state index contributed by atoms with van der Waals surface area (Å²) in [5, 5.41) is 0. The highest BCUT2D eigenvalue weighted by molar-refractivity contribution is 5.97. The van der Waals surface area contributed by atoms with Gasteiger partial charge in [-0.05, 0) is 12.1 Å². The Morgan fingerprint density at radius 3 is 2.57 bits per heavy atom. The number of imidazole rings is 1. The number of aromatic nitrogens is 2. The fourth-order valence-electron chi connectivity index (χ4n) is 1.21. The number of hydrogen-bond acceptors (Lipinski definition) is 3. The van der Waals surface area contributed by atoms with Gasteiger partial charge in [0.15, 0.2) is 0 Å². The van der Waals surface area contributed by atoms with Crippen molar-refractivity contribution in [2.45, 2.75) is 0 Å². The standard InChI is InChI=1S/C10H9N3O/c11-10-12-6-7-13(10)9(14)8-4-2-1-3-5-8/h1-7H,(H2,11,12). The van der Waals surface area contributed by atoms with Crippen molar-refractivity contribution >= 4 is 11.9 Å². The van der Waals surface area contributed by atoms with Gasteiger partial charge in [-0.2, -0.15) is 0 Å². The van der Waals surface area contributed by atoms with E-state index in [9.17, 15) is 4.79 Å². The molecule has 0 saturated carbocycles. The molecule has 14 heavy (non-hydrogen) atoms. The second-order valence-corrected chi connectivity index (χ2v) is 2.83. The molecular weight excluding hydrogens is 178 g/mol. The Morgan fingerprint density at radius 1 is 1.29 bits per heavy atom. The summed E-state index contributed by atoms with van der Waals surface area (Å²) in [7, 11) is 0. The zero-order chi connectivity index (χ0) is 9.97. The second-order valence-electron chi connectivity index (χ2n) is 2.83. The molecule has 0 fully saturated rings. The molecule has 0 saturated heterocycles.